The van der Waals surface area contributed by atoms with Crippen LogP contribution in [0.15, 0.2) is 48.5 Å². The fraction of sp³-hybridized carbons (Fsp3) is 0.350. The van der Waals surface area contributed by atoms with Crippen molar-refractivity contribution in [3.63, 3.8) is 0 Å². The molecule has 1 amide bonds. The van der Waals surface area contributed by atoms with Crippen molar-refractivity contribution in [3.8, 4) is 5.75 Å². The molecule has 0 radical (unpaired) electrons. The number of anilines is 1. The minimum atomic E-state index is -2.86. The summed E-state index contributed by atoms with van der Waals surface area (Å²) in [5, 5.41) is 2.79. The molecule has 0 saturated heterocycles. The third-order valence-electron chi connectivity index (χ3n) is 4.63. The number of nitrogens with one attached hydrogen (secondary N) is 1. The Kier molecular flexibility index (Phi) is 5.83. The lowest BCUT2D eigenvalue weighted by molar-refractivity contribution is -0.117. The van der Waals surface area contributed by atoms with Gasteiger partial charge in [0.15, 0.2) is 0 Å². The van der Waals surface area contributed by atoms with Crippen molar-refractivity contribution in [2.75, 3.05) is 18.9 Å². The molecule has 2 aromatic rings. The van der Waals surface area contributed by atoms with Crippen molar-refractivity contribution in [1.29, 1.82) is 0 Å². The molecule has 0 spiro atoms. The predicted molar refractivity (Wildman–Crippen MR) is 96.5 cm³/mol. The summed E-state index contributed by atoms with van der Waals surface area (Å²) in [4.78, 5) is 14.4. The van der Waals surface area contributed by atoms with Gasteiger partial charge in [-0.15, -0.1) is 0 Å². The van der Waals surface area contributed by atoms with E-state index in [4.69, 9.17) is 0 Å². The van der Waals surface area contributed by atoms with E-state index in [1.807, 2.05) is 13.1 Å². The van der Waals surface area contributed by atoms with Gasteiger partial charge >= 0.3 is 6.61 Å². The summed E-state index contributed by atoms with van der Waals surface area (Å²) in [6.07, 6.45) is 3.22. The van der Waals surface area contributed by atoms with Crippen LogP contribution in [0, 0.1) is 0 Å². The molecule has 0 heterocycles. The molecule has 0 aliphatic heterocycles. The number of fused-ring (bicyclic) bond motifs is 1. The molecular weight excluding hydrogens is 338 g/mol. The van der Waals surface area contributed by atoms with E-state index in [1.54, 1.807) is 12.1 Å². The highest BCUT2D eigenvalue weighted by atomic mass is 19.3. The molecule has 4 nitrogen and oxygen atoms in total. The highest BCUT2D eigenvalue weighted by Gasteiger charge is 2.24. The number of nitrogens with zero attached hydrogens (tertiary/aromatic N) is 1. The molecule has 26 heavy (non-hydrogen) atoms. The number of benzene rings is 2. The second kappa shape index (κ2) is 8.27. The second-order valence-corrected chi connectivity index (χ2v) is 6.47. The monoisotopic (exact) mass is 360 g/mol. The van der Waals surface area contributed by atoms with Crippen LogP contribution in [0.1, 0.15) is 30.0 Å². The summed E-state index contributed by atoms with van der Waals surface area (Å²) in [5.41, 5.74) is 3.20. The molecule has 0 aromatic heterocycles. The van der Waals surface area contributed by atoms with E-state index in [1.165, 1.54) is 23.3 Å². The number of carbonyl (C=O) groups excluding carboxylic acids is 1. The Morgan fingerprint density at radius 1 is 1.23 bits per heavy atom. The van der Waals surface area contributed by atoms with Crippen LogP contribution in [-0.4, -0.2) is 31.0 Å². The van der Waals surface area contributed by atoms with Gasteiger partial charge < -0.3 is 10.1 Å². The van der Waals surface area contributed by atoms with Gasteiger partial charge in [0.2, 0.25) is 5.91 Å². The Morgan fingerprint density at radius 3 is 2.69 bits per heavy atom. The van der Waals surface area contributed by atoms with Crippen LogP contribution in [0.5, 0.6) is 5.75 Å². The van der Waals surface area contributed by atoms with Gasteiger partial charge in [-0.25, -0.2) is 0 Å². The number of amides is 1. The first-order valence-corrected chi connectivity index (χ1v) is 8.65. The number of rotatable bonds is 6. The molecule has 1 aliphatic carbocycles. The Morgan fingerprint density at radius 2 is 1.96 bits per heavy atom. The minimum Gasteiger partial charge on any atom is -0.435 e. The number of hydrogen-bond donors (Lipinski definition) is 1. The number of aryl methyl sites for hydroxylation is 1. The molecule has 1 atom stereocenters. The molecule has 2 aromatic carbocycles. The summed E-state index contributed by atoms with van der Waals surface area (Å²) < 4.78 is 28.6. The van der Waals surface area contributed by atoms with E-state index in [2.05, 4.69) is 33.2 Å². The van der Waals surface area contributed by atoms with Crippen molar-refractivity contribution in [2.24, 2.45) is 0 Å². The van der Waals surface area contributed by atoms with Gasteiger partial charge in [0, 0.05) is 11.7 Å². The SMILES string of the molecule is CN(CC(=O)Nc1ccc(OC(F)F)cc1)[C@@H]1CCCc2ccccc21. The average Bonchev–Trinajstić information content (AvgIpc) is 2.62. The van der Waals surface area contributed by atoms with Crippen molar-refractivity contribution in [1.82, 2.24) is 4.90 Å². The van der Waals surface area contributed by atoms with Crippen LogP contribution >= 0.6 is 0 Å². The number of ether oxygens (including phenoxy) is 1. The maximum Gasteiger partial charge on any atom is 0.387 e. The summed E-state index contributed by atoms with van der Waals surface area (Å²) >= 11 is 0. The topological polar surface area (TPSA) is 41.6 Å². The Bertz CT molecular complexity index is 750. The third kappa shape index (κ3) is 4.58. The summed E-state index contributed by atoms with van der Waals surface area (Å²) in [6, 6.07) is 14.5. The second-order valence-electron chi connectivity index (χ2n) is 6.47. The van der Waals surface area contributed by atoms with E-state index in [0.717, 1.165) is 19.3 Å². The van der Waals surface area contributed by atoms with E-state index in [9.17, 15) is 13.6 Å². The molecule has 3 rings (SSSR count). The molecule has 0 unspecified atom stereocenters. The van der Waals surface area contributed by atoms with Gasteiger partial charge in [0.1, 0.15) is 5.75 Å². The van der Waals surface area contributed by atoms with E-state index >= 15 is 0 Å². The van der Waals surface area contributed by atoms with Crippen molar-refractivity contribution >= 4 is 11.6 Å². The van der Waals surface area contributed by atoms with E-state index < -0.39 is 6.61 Å². The number of likely N-dealkylation sites (N-methyl/N-ethyl adjacent to an activating group) is 1. The first-order valence-electron chi connectivity index (χ1n) is 8.65. The predicted octanol–water partition coefficient (Wildman–Crippen LogP) is 4.24. The van der Waals surface area contributed by atoms with E-state index in [0.29, 0.717) is 5.69 Å². The zero-order chi connectivity index (χ0) is 18.5. The highest BCUT2D eigenvalue weighted by molar-refractivity contribution is 5.92. The molecule has 0 bridgehead atoms. The highest BCUT2D eigenvalue weighted by Crippen LogP contribution is 2.33. The van der Waals surface area contributed by atoms with Crippen LogP contribution in [0.2, 0.25) is 0 Å². The number of carbonyl (C=O) groups is 1. The Balaban J connectivity index is 1.58. The van der Waals surface area contributed by atoms with Crippen LogP contribution in [0.25, 0.3) is 0 Å². The lowest BCUT2D eigenvalue weighted by Crippen LogP contribution is -2.34. The molecule has 6 heteroatoms. The largest absolute Gasteiger partial charge is 0.435 e. The van der Waals surface area contributed by atoms with Gasteiger partial charge in [-0.3, -0.25) is 9.69 Å². The smallest absolute Gasteiger partial charge is 0.387 e. The molecule has 0 saturated carbocycles. The molecule has 1 N–H and O–H groups in total. The number of halogens is 2. The van der Waals surface area contributed by atoms with Gasteiger partial charge in [0.25, 0.3) is 0 Å². The summed E-state index contributed by atoms with van der Waals surface area (Å²) in [7, 11) is 1.95. The maximum absolute atomic E-state index is 12.3. The van der Waals surface area contributed by atoms with Gasteiger partial charge in [-0.1, -0.05) is 24.3 Å². The lowest BCUT2D eigenvalue weighted by Gasteiger charge is -2.32. The van der Waals surface area contributed by atoms with Gasteiger partial charge in [-0.05, 0) is 61.7 Å². The lowest BCUT2D eigenvalue weighted by atomic mass is 9.87. The zero-order valence-corrected chi connectivity index (χ0v) is 14.6. The van der Waals surface area contributed by atoms with Crippen LogP contribution < -0.4 is 10.1 Å². The van der Waals surface area contributed by atoms with Crippen molar-refractivity contribution < 1.29 is 18.3 Å². The maximum atomic E-state index is 12.3. The fourth-order valence-corrected chi connectivity index (χ4v) is 3.44. The van der Waals surface area contributed by atoms with Crippen molar-refractivity contribution in [2.45, 2.75) is 31.9 Å². The normalized spacial score (nSPS) is 16.4. The molecule has 0 fully saturated rings. The first kappa shape index (κ1) is 18.3. The van der Waals surface area contributed by atoms with Crippen molar-refractivity contribution in [3.05, 3.63) is 59.7 Å². The van der Waals surface area contributed by atoms with Gasteiger partial charge in [-0.2, -0.15) is 8.78 Å². The van der Waals surface area contributed by atoms with Crippen LogP contribution in [-0.2, 0) is 11.2 Å². The quantitative estimate of drug-likeness (QED) is 0.838. The van der Waals surface area contributed by atoms with Crippen LogP contribution in [0.3, 0.4) is 0 Å². The van der Waals surface area contributed by atoms with Gasteiger partial charge in [0.05, 0.1) is 6.54 Å². The zero-order valence-electron chi connectivity index (χ0n) is 14.6. The molecule has 1 aliphatic rings. The molecular formula is C20H22F2N2O2. The Hall–Kier alpha value is -2.47. The first-order chi connectivity index (χ1) is 12.5. The minimum absolute atomic E-state index is 0.0638. The summed E-state index contributed by atoms with van der Waals surface area (Å²) in [5.74, 6) is -0.0768. The summed E-state index contributed by atoms with van der Waals surface area (Å²) in [6.45, 7) is -2.60. The fourth-order valence-electron chi connectivity index (χ4n) is 3.44. The third-order valence-corrected chi connectivity index (χ3v) is 4.63. The number of hydrogen-bond acceptors (Lipinski definition) is 3. The van der Waals surface area contributed by atoms with E-state index in [-0.39, 0.29) is 24.2 Å². The Labute approximate surface area is 151 Å². The van der Waals surface area contributed by atoms with Crippen LogP contribution in [0.4, 0.5) is 14.5 Å². The molecule has 138 valence electrons. The standard InChI is InChI=1S/C20H22F2N2O2/c1-24(18-8-4-6-14-5-2-3-7-17(14)18)13-19(25)23-15-9-11-16(12-10-15)26-20(21)22/h2-3,5,7,9-12,18,20H,4,6,8,13H2,1H3,(H,23,25)/t18-/m1/s1. The number of alkyl halides is 2. The average molecular weight is 360 g/mol.